The Bertz CT molecular complexity index is 998. The predicted octanol–water partition coefficient (Wildman–Crippen LogP) is 3.02. The molecule has 0 spiro atoms. The third-order valence-corrected chi connectivity index (χ3v) is 5.20. The minimum Gasteiger partial charge on any atom is -0.285 e. The topological polar surface area (TPSA) is 99.5 Å². The van der Waals surface area contributed by atoms with Crippen LogP contribution in [-0.4, -0.2) is 43.6 Å². The normalized spacial score (nSPS) is 11.7. The van der Waals surface area contributed by atoms with Gasteiger partial charge in [-0.05, 0) is 35.9 Å². The minimum absolute atomic E-state index is 0.201. The maximum atomic E-state index is 12.8. The molecule has 9 heteroatoms. The van der Waals surface area contributed by atoms with Crippen molar-refractivity contribution in [2.75, 3.05) is 14.1 Å². The lowest BCUT2D eigenvalue weighted by molar-refractivity contribution is -0.134. The molecule has 28 heavy (non-hydrogen) atoms. The molecule has 2 amide bonds. The predicted molar refractivity (Wildman–Crippen MR) is 105 cm³/mol. The molecule has 0 atom stereocenters. The van der Waals surface area contributed by atoms with Gasteiger partial charge in [0.1, 0.15) is 0 Å². The fourth-order valence-electron chi connectivity index (χ4n) is 2.17. The van der Waals surface area contributed by atoms with Gasteiger partial charge in [0.05, 0.1) is 10.6 Å². The van der Waals surface area contributed by atoms with Crippen LogP contribution in [0.4, 0.5) is 5.69 Å². The number of benzene rings is 2. The molecule has 0 aliphatic carbocycles. The van der Waals surface area contributed by atoms with Gasteiger partial charge in [0.2, 0.25) is 5.91 Å². The maximum absolute atomic E-state index is 12.8. The van der Waals surface area contributed by atoms with Crippen LogP contribution in [-0.2, 0) is 19.6 Å². The standard InChI is InChI=1S/C19H20N4O4S/c1-15(24)23(19(25)14-9-16-7-5-4-6-8-16)28(26,27)18-12-10-17(11-13-18)20-21-22(2)3/h4-14H,1-3H3/b14-9+,21-20?. The average Bonchev–Trinajstić information content (AvgIpc) is 2.65. The molecule has 0 bridgehead atoms. The van der Waals surface area contributed by atoms with Crippen molar-refractivity contribution in [2.45, 2.75) is 11.8 Å². The molecular weight excluding hydrogens is 380 g/mol. The quantitative estimate of drug-likeness (QED) is 0.422. The molecule has 0 heterocycles. The van der Waals surface area contributed by atoms with Crippen LogP contribution in [0, 0.1) is 0 Å². The number of sulfonamides is 1. The first-order valence-electron chi connectivity index (χ1n) is 8.24. The van der Waals surface area contributed by atoms with Crippen LogP contribution in [0.25, 0.3) is 6.08 Å². The van der Waals surface area contributed by atoms with Crippen LogP contribution in [0.2, 0.25) is 0 Å². The van der Waals surface area contributed by atoms with Gasteiger partial charge < -0.3 is 0 Å². The zero-order chi connectivity index (χ0) is 20.7. The Hall–Kier alpha value is -3.33. The number of nitrogens with zero attached hydrogens (tertiary/aromatic N) is 4. The zero-order valence-corrected chi connectivity index (χ0v) is 16.5. The van der Waals surface area contributed by atoms with Crippen molar-refractivity contribution in [1.82, 2.24) is 9.31 Å². The lowest BCUT2D eigenvalue weighted by Crippen LogP contribution is -2.39. The summed E-state index contributed by atoms with van der Waals surface area (Å²) in [5.41, 5.74) is 1.13. The van der Waals surface area contributed by atoms with Crippen molar-refractivity contribution in [1.29, 1.82) is 0 Å². The zero-order valence-electron chi connectivity index (χ0n) is 15.7. The van der Waals surface area contributed by atoms with Crippen molar-refractivity contribution < 1.29 is 18.0 Å². The van der Waals surface area contributed by atoms with Gasteiger partial charge in [-0.25, -0.2) is 8.42 Å². The molecule has 2 aromatic carbocycles. The van der Waals surface area contributed by atoms with E-state index in [1.54, 1.807) is 38.4 Å². The van der Waals surface area contributed by atoms with Crippen LogP contribution in [0.5, 0.6) is 0 Å². The van der Waals surface area contributed by atoms with Crippen molar-refractivity contribution >= 4 is 33.6 Å². The highest BCUT2D eigenvalue weighted by atomic mass is 32.2. The molecular formula is C19H20N4O4S. The third-order valence-electron chi connectivity index (χ3n) is 3.42. The van der Waals surface area contributed by atoms with Crippen LogP contribution >= 0.6 is 0 Å². The van der Waals surface area contributed by atoms with Gasteiger partial charge in [0.25, 0.3) is 15.9 Å². The highest BCUT2D eigenvalue weighted by Crippen LogP contribution is 2.21. The van der Waals surface area contributed by atoms with E-state index in [1.807, 2.05) is 6.07 Å². The van der Waals surface area contributed by atoms with Crippen LogP contribution < -0.4 is 0 Å². The summed E-state index contributed by atoms with van der Waals surface area (Å²) in [5, 5.41) is 9.20. The van der Waals surface area contributed by atoms with E-state index in [4.69, 9.17) is 0 Å². The minimum atomic E-state index is -4.35. The number of amides is 2. The largest absolute Gasteiger partial charge is 0.285 e. The molecule has 8 nitrogen and oxygen atoms in total. The summed E-state index contributed by atoms with van der Waals surface area (Å²) in [5.74, 6) is -1.85. The first kappa shape index (κ1) is 21.0. The number of hydrogen-bond acceptors (Lipinski definition) is 6. The van der Waals surface area contributed by atoms with E-state index in [2.05, 4.69) is 10.3 Å². The molecule has 0 aliphatic heterocycles. The van der Waals surface area contributed by atoms with E-state index in [-0.39, 0.29) is 9.20 Å². The molecule has 2 aromatic rings. The third kappa shape index (κ3) is 5.34. The summed E-state index contributed by atoms with van der Waals surface area (Å²) in [7, 11) is -0.960. The lowest BCUT2D eigenvalue weighted by Gasteiger charge is -2.17. The van der Waals surface area contributed by atoms with E-state index in [0.717, 1.165) is 13.0 Å². The summed E-state index contributed by atoms with van der Waals surface area (Å²) in [6.07, 6.45) is 2.49. The van der Waals surface area contributed by atoms with E-state index < -0.39 is 21.8 Å². The lowest BCUT2D eigenvalue weighted by atomic mass is 10.2. The van der Waals surface area contributed by atoms with Gasteiger partial charge in [-0.2, -0.15) is 4.31 Å². The monoisotopic (exact) mass is 400 g/mol. The number of carbonyl (C=O) groups excluding carboxylic acids is 2. The van der Waals surface area contributed by atoms with Crippen molar-refractivity contribution in [2.24, 2.45) is 10.3 Å². The molecule has 0 fully saturated rings. The molecule has 0 unspecified atom stereocenters. The number of rotatable bonds is 6. The summed E-state index contributed by atoms with van der Waals surface area (Å²) >= 11 is 0. The summed E-state index contributed by atoms with van der Waals surface area (Å²) in [6.45, 7) is 1.02. The first-order valence-corrected chi connectivity index (χ1v) is 9.68. The van der Waals surface area contributed by atoms with Gasteiger partial charge in [0.15, 0.2) is 0 Å². The van der Waals surface area contributed by atoms with Crippen molar-refractivity contribution in [3.8, 4) is 0 Å². The Balaban J connectivity index is 2.30. The smallest absolute Gasteiger partial charge is 0.273 e. The Morgan fingerprint density at radius 3 is 2.11 bits per heavy atom. The number of hydrogen-bond donors (Lipinski definition) is 0. The highest BCUT2D eigenvalue weighted by Gasteiger charge is 2.31. The molecule has 0 aliphatic rings. The van der Waals surface area contributed by atoms with Crippen LogP contribution in [0.15, 0.2) is 75.9 Å². The second-order valence-corrected chi connectivity index (χ2v) is 7.69. The van der Waals surface area contributed by atoms with Crippen molar-refractivity contribution in [3.63, 3.8) is 0 Å². The van der Waals surface area contributed by atoms with Crippen LogP contribution in [0.3, 0.4) is 0 Å². The Morgan fingerprint density at radius 1 is 0.964 bits per heavy atom. The van der Waals surface area contributed by atoms with Crippen molar-refractivity contribution in [3.05, 3.63) is 66.2 Å². The van der Waals surface area contributed by atoms with Gasteiger partial charge >= 0.3 is 0 Å². The first-order chi connectivity index (χ1) is 13.2. The van der Waals surface area contributed by atoms with Gasteiger partial charge in [-0.3, -0.25) is 14.6 Å². The second kappa shape index (κ2) is 9.05. The maximum Gasteiger partial charge on any atom is 0.273 e. The molecule has 0 radical (unpaired) electrons. The number of carbonyl (C=O) groups is 2. The van der Waals surface area contributed by atoms with E-state index in [1.165, 1.54) is 35.4 Å². The Kier molecular flexibility index (Phi) is 6.78. The van der Waals surface area contributed by atoms with Gasteiger partial charge in [-0.15, -0.1) is 5.11 Å². The fourth-order valence-corrected chi connectivity index (χ4v) is 3.50. The fraction of sp³-hybridized carbons (Fsp3) is 0.158. The molecule has 2 rings (SSSR count). The summed E-state index contributed by atoms with van der Waals surface area (Å²) in [6, 6.07) is 14.3. The van der Waals surface area contributed by atoms with E-state index in [9.17, 15) is 18.0 Å². The highest BCUT2D eigenvalue weighted by molar-refractivity contribution is 7.90. The molecule has 0 saturated heterocycles. The van der Waals surface area contributed by atoms with E-state index in [0.29, 0.717) is 11.3 Å². The Morgan fingerprint density at radius 2 is 1.57 bits per heavy atom. The summed E-state index contributed by atoms with van der Waals surface area (Å²) in [4.78, 5) is 24.1. The molecule has 0 N–H and O–H groups in total. The molecule has 0 saturated carbocycles. The van der Waals surface area contributed by atoms with Crippen LogP contribution in [0.1, 0.15) is 12.5 Å². The summed E-state index contributed by atoms with van der Waals surface area (Å²) < 4.78 is 25.8. The van der Waals surface area contributed by atoms with E-state index >= 15 is 0 Å². The number of imide groups is 1. The van der Waals surface area contributed by atoms with Gasteiger partial charge in [0, 0.05) is 27.1 Å². The molecule has 0 aromatic heterocycles. The second-order valence-electron chi connectivity index (χ2n) is 5.90. The van der Waals surface area contributed by atoms with Gasteiger partial charge in [-0.1, -0.05) is 35.6 Å². The Labute approximate surface area is 163 Å². The molecule has 146 valence electrons. The SMILES string of the molecule is CC(=O)N(C(=O)/C=C/c1ccccc1)S(=O)(=O)c1ccc(N=NN(C)C)cc1. The average molecular weight is 400 g/mol.